The maximum absolute atomic E-state index is 11.4. The van der Waals surface area contributed by atoms with Gasteiger partial charge in [-0.1, -0.05) is 29.8 Å². The minimum atomic E-state index is -0.509. The molecule has 1 aromatic heterocycles. The van der Waals surface area contributed by atoms with E-state index in [1.807, 2.05) is 36.2 Å². The lowest BCUT2D eigenvalue weighted by Crippen LogP contribution is -2.19. The number of esters is 1. The highest BCUT2D eigenvalue weighted by molar-refractivity contribution is 6.31. The van der Waals surface area contributed by atoms with Crippen LogP contribution < -0.4 is 4.90 Å². The molecule has 0 fully saturated rings. The van der Waals surface area contributed by atoms with Crippen LogP contribution in [0.2, 0.25) is 5.02 Å². The number of carbonyl (C=O) groups is 1. The van der Waals surface area contributed by atoms with E-state index in [4.69, 9.17) is 11.6 Å². The Morgan fingerprint density at radius 3 is 2.80 bits per heavy atom. The fourth-order valence-corrected chi connectivity index (χ4v) is 1.90. The molecule has 6 heteroatoms. The van der Waals surface area contributed by atoms with Crippen molar-refractivity contribution in [1.82, 2.24) is 9.97 Å². The zero-order valence-electron chi connectivity index (χ0n) is 11.2. The molecule has 0 aliphatic heterocycles. The van der Waals surface area contributed by atoms with Gasteiger partial charge in [-0.3, -0.25) is 4.98 Å². The molecule has 5 nitrogen and oxygen atoms in total. The number of halogens is 1. The first-order valence-electron chi connectivity index (χ1n) is 5.96. The Balaban J connectivity index is 2.19. The summed E-state index contributed by atoms with van der Waals surface area (Å²) in [6, 6.07) is 7.58. The van der Waals surface area contributed by atoms with E-state index in [0.29, 0.717) is 17.4 Å². The number of rotatable bonds is 4. The summed E-state index contributed by atoms with van der Waals surface area (Å²) in [4.78, 5) is 21.5. The molecule has 0 N–H and O–H groups in total. The van der Waals surface area contributed by atoms with E-state index >= 15 is 0 Å². The van der Waals surface area contributed by atoms with E-state index in [0.717, 1.165) is 5.56 Å². The van der Waals surface area contributed by atoms with Crippen molar-refractivity contribution in [2.24, 2.45) is 0 Å². The maximum atomic E-state index is 11.4. The third kappa shape index (κ3) is 3.24. The molecule has 2 rings (SSSR count). The number of anilines is 1. The predicted octanol–water partition coefficient (Wildman–Crippen LogP) is 2.55. The number of ether oxygens (including phenoxy) is 1. The molecule has 20 heavy (non-hydrogen) atoms. The Bertz CT molecular complexity index is 619. The van der Waals surface area contributed by atoms with Gasteiger partial charge in [0, 0.05) is 18.6 Å². The Labute approximate surface area is 122 Å². The van der Waals surface area contributed by atoms with Crippen molar-refractivity contribution in [2.45, 2.75) is 6.54 Å². The fourth-order valence-electron chi connectivity index (χ4n) is 1.71. The van der Waals surface area contributed by atoms with E-state index < -0.39 is 5.97 Å². The maximum Gasteiger partial charge on any atom is 0.358 e. The van der Waals surface area contributed by atoms with E-state index in [9.17, 15) is 4.79 Å². The number of hydrogen-bond acceptors (Lipinski definition) is 5. The van der Waals surface area contributed by atoms with Crippen LogP contribution in [0.25, 0.3) is 0 Å². The zero-order chi connectivity index (χ0) is 14.5. The molecule has 2 aromatic rings. The number of aromatic nitrogens is 2. The number of carbonyl (C=O) groups excluding carboxylic acids is 1. The van der Waals surface area contributed by atoms with Crippen LogP contribution in [0.15, 0.2) is 36.7 Å². The van der Waals surface area contributed by atoms with Gasteiger partial charge in [-0.25, -0.2) is 9.78 Å². The van der Waals surface area contributed by atoms with E-state index in [2.05, 4.69) is 14.7 Å². The molecule has 0 radical (unpaired) electrons. The van der Waals surface area contributed by atoms with E-state index in [1.165, 1.54) is 13.3 Å². The molecule has 0 unspecified atom stereocenters. The molecule has 0 saturated carbocycles. The molecule has 104 valence electrons. The van der Waals surface area contributed by atoms with Gasteiger partial charge in [0.15, 0.2) is 5.69 Å². The van der Waals surface area contributed by atoms with Gasteiger partial charge in [-0.05, 0) is 11.6 Å². The number of methoxy groups -OCH3 is 1. The Kier molecular flexibility index (Phi) is 4.53. The average Bonchev–Trinajstić information content (AvgIpc) is 2.49. The van der Waals surface area contributed by atoms with Crippen LogP contribution in [0.5, 0.6) is 0 Å². The van der Waals surface area contributed by atoms with Crippen LogP contribution in [0, 0.1) is 0 Å². The van der Waals surface area contributed by atoms with Crippen molar-refractivity contribution in [1.29, 1.82) is 0 Å². The van der Waals surface area contributed by atoms with Gasteiger partial charge in [0.2, 0.25) is 0 Å². The van der Waals surface area contributed by atoms with Crippen molar-refractivity contribution in [3.63, 3.8) is 0 Å². The number of nitrogens with zero attached hydrogens (tertiary/aromatic N) is 3. The van der Waals surface area contributed by atoms with Gasteiger partial charge in [0.05, 0.1) is 19.5 Å². The largest absolute Gasteiger partial charge is 0.464 e. The number of hydrogen-bond donors (Lipinski definition) is 0. The molecular formula is C14H14ClN3O2. The van der Waals surface area contributed by atoms with Gasteiger partial charge in [0.25, 0.3) is 0 Å². The van der Waals surface area contributed by atoms with Crippen LogP contribution in [0.1, 0.15) is 16.1 Å². The van der Waals surface area contributed by atoms with Gasteiger partial charge in [0.1, 0.15) is 5.82 Å². The van der Waals surface area contributed by atoms with Crippen molar-refractivity contribution in [3.05, 3.63) is 52.9 Å². The Morgan fingerprint density at radius 2 is 2.10 bits per heavy atom. The first kappa shape index (κ1) is 14.3. The minimum absolute atomic E-state index is 0.177. The van der Waals surface area contributed by atoms with Gasteiger partial charge in [-0.15, -0.1) is 0 Å². The molecule has 1 aromatic carbocycles. The van der Waals surface area contributed by atoms with E-state index in [-0.39, 0.29) is 5.69 Å². The normalized spacial score (nSPS) is 10.2. The van der Waals surface area contributed by atoms with Crippen LogP contribution in [-0.2, 0) is 11.3 Å². The molecule has 1 heterocycles. The summed E-state index contributed by atoms with van der Waals surface area (Å²) in [5.74, 6) is 0.0679. The molecule has 0 saturated heterocycles. The van der Waals surface area contributed by atoms with Crippen molar-refractivity contribution in [2.75, 3.05) is 19.1 Å². The van der Waals surface area contributed by atoms with Crippen LogP contribution in [0.3, 0.4) is 0 Å². The van der Waals surface area contributed by atoms with Crippen LogP contribution >= 0.6 is 11.6 Å². The van der Waals surface area contributed by atoms with E-state index in [1.54, 1.807) is 6.20 Å². The lowest BCUT2D eigenvalue weighted by atomic mass is 10.2. The summed E-state index contributed by atoms with van der Waals surface area (Å²) in [6.45, 7) is 0.568. The fraction of sp³-hybridized carbons (Fsp3) is 0.214. The second-order valence-corrected chi connectivity index (χ2v) is 4.61. The van der Waals surface area contributed by atoms with Crippen molar-refractivity contribution >= 4 is 23.4 Å². The second-order valence-electron chi connectivity index (χ2n) is 4.20. The average molecular weight is 292 g/mol. The predicted molar refractivity (Wildman–Crippen MR) is 76.9 cm³/mol. The van der Waals surface area contributed by atoms with Crippen molar-refractivity contribution < 1.29 is 9.53 Å². The topological polar surface area (TPSA) is 55.3 Å². The lowest BCUT2D eigenvalue weighted by molar-refractivity contribution is 0.0593. The Morgan fingerprint density at radius 1 is 1.35 bits per heavy atom. The SMILES string of the molecule is COC(=O)c1cncc(N(C)Cc2ccccc2Cl)n1. The molecule has 0 spiro atoms. The van der Waals surface area contributed by atoms with Gasteiger partial charge in [-0.2, -0.15) is 0 Å². The summed E-state index contributed by atoms with van der Waals surface area (Å²) >= 11 is 6.12. The summed E-state index contributed by atoms with van der Waals surface area (Å²) < 4.78 is 4.63. The zero-order valence-corrected chi connectivity index (χ0v) is 12.0. The summed E-state index contributed by atoms with van der Waals surface area (Å²) in [5, 5.41) is 0.691. The molecule has 0 amide bonds. The van der Waals surface area contributed by atoms with Crippen LogP contribution in [0.4, 0.5) is 5.82 Å². The molecule has 0 aliphatic rings. The standard InChI is InChI=1S/C14H14ClN3O2/c1-18(9-10-5-3-4-6-11(10)15)13-8-16-7-12(17-13)14(19)20-2/h3-8H,9H2,1-2H3. The molecule has 0 aliphatic carbocycles. The Hall–Kier alpha value is -2.14. The quantitative estimate of drug-likeness (QED) is 0.810. The van der Waals surface area contributed by atoms with Gasteiger partial charge < -0.3 is 9.64 Å². The van der Waals surface area contributed by atoms with Crippen molar-refractivity contribution in [3.8, 4) is 0 Å². The first-order valence-corrected chi connectivity index (χ1v) is 6.34. The smallest absolute Gasteiger partial charge is 0.358 e. The third-order valence-corrected chi connectivity index (χ3v) is 3.14. The summed E-state index contributed by atoms with van der Waals surface area (Å²) in [5.41, 5.74) is 1.15. The number of benzene rings is 1. The minimum Gasteiger partial charge on any atom is -0.464 e. The third-order valence-electron chi connectivity index (χ3n) is 2.77. The lowest BCUT2D eigenvalue weighted by Gasteiger charge is -2.18. The summed E-state index contributed by atoms with van der Waals surface area (Å²) in [7, 11) is 3.17. The summed E-state index contributed by atoms with van der Waals surface area (Å²) in [6.07, 6.45) is 2.96. The highest BCUT2D eigenvalue weighted by atomic mass is 35.5. The monoisotopic (exact) mass is 291 g/mol. The molecular weight excluding hydrogens is 278 g/mol. The molecule has 0 bridgehead atoms. The van der Waals surface area contributed by atoms with Gasteiger partial charge >= 0.3 is 5.97 Å². The highest BCUT2D eigenvalue weighted by Crippen LogP contribution is 2.19. The highest BCUT2D eigenvalue weighted by Gasteiger charge is 2.11. The molecule has 0 atom stereocenters. The van der Waals surface area contributed by atoms with Crippen LogP contribution in [-0.4, -0.2) is 30.1 Å². The second kappa shape index (κ2) is 6.34. The first-order chi connectivity index (χ1) is 9.61.